The van der Waals surface area contributed by atoms with Crippen LogP contribution >= 0.6 is 15.9 Å². The van der Waals surface area contributed by atoms with E-state index in [9.17, 15) is 0 Å². The first kappa shape index (κ1) is 11.5. The molecule has 0 saturated heterocycles. The third kappa shape index (κ3) is 2.59. The number of hydrogen-bond donors (Lipinski definition) is 2. The van der Waals surface area contributed by atoms with Crippen LogP contribution in [0.4, 0.5) is 0 Å². The molecule has 86 valence electrons. The van der Waals surface area contributed by atoms with Gasteiger partial charge in [0.25, 0.3) is 0 Å². The highest BCUT2D eigenvalue weighted by Gasteiger charge is 2.16. The van der Waals surface area contributed by atoms with Crippen LogP contribution in [-0.4, -0.2) is 16.9 Å². The predicted molar refractivity (Wildman–Crippen MR) is 68.1 cm³/mol. The van der Waals surface area contributed by atoms with Crippen LogP contribution < -0.4 is 11.3 Å². The Hall–Kier alpha value is -0.940. The highest BCUT2D eigenvalue weighted by atomic mass is 79.9. The molecule has 16 heavy (non-hydrogen) atoms. The van der Waals surface area contributed by atoms with Gasteiger partial charge >= 0.3 is 0 Å². The van der Waals surface area contributed by atoms with Crippen molar-refractivity contribution in [2.75, 3.05) is 0 Å². The highest BCUT2D eigenvalue weighted by Crippen LogP contribution is 2.22. The van der Waals surface area contributed by atoms with Crippen LogP contribution in [0.5, 0.6) is 0 Å². The fraction of sp³-hybridized carbons (Fsp3) is 0.455. The second-order valence-electron chi connectivity index (χ2n) is 3.89. The van der Waals surface area contributed by atoms with Crippen molar-refractivity contribution in [2.45, 2.75) is 31.7 Å². The molecule has 1 fully saturated rings. The average molecular weight is 283 g/mol. The summed E-state index contributed by atoms with van der Waals surface area (Å²) in [6, 6.07) is 4.20. The van der Waals surface area contributed by atoms with Crippen LogP contribution in [0.2, 0.25) is 0 Å². The number of rotatable bonds is 2. The molecule has 1 aromatic heterocycles. The molecule has 0 aliphatic heterocycles. The van der Waals surface area contributed by atoms with E-state index in [0.717, 1.165) is 23.0 Å². The Kier molecular flexibility index (Phi) is 3.90. The largest absolute Gasteiger partial charge is 0.307 e. The Balaban J connectivity index is 2.24. The summed E-state index contributed by atoms with van der Waals surface area (Å²) in [5, 5.41) is 0. The van der Waals surface area contributed by atoms with E-state index < -0.39 is 0 Å². The van der Waals surface area contributed by atoms with Crippen LogP contribution in [-0.2, 0) is 0 Å². The molecular formula is C11H15BrN4. The summed E-state index contributed by atoms with van der Waals surface area (Å²) in [6.45, 7) is 0. The molecule has 0 aromatic carbocycles. The fourth-order valence-corrected chi connectivity index (χ4v) is 2.39. The van der Waals surface area contributed by atoms with Crippen LogP contribution in [0.3, 0.4) is 0 Å². The van der Waals surface area contributed by atoms with Crippen LogP contribution in [0.1, 0.15) is 31.4 Å². The minimum Gasteiger partial charge on any atom is -0.307 e. The summed E-state index contributed by atoms with van der Waals surface area (Å²) in [6.07, 6.45) is 6.55. The molecule has 3 N–H and O–H groups in total. The molecule has 1 aliphatic carbocycles. The molecule has 1 heterocycles. The summed E-state index contributed by atoms with van der Waals surface area (Å²) < 4.78 is 0.907. The zero-order valence-electron chi connectivity index (χ0n) is 8.99. The summed E-state index contributed by atoms with van der Waals surface area (Å²) in [4.78, 5) is 8.88. The quantitative estimate of drug-likeness (QED) is 0.377. The molecule has 2 rings (SSSR count). The number of nitrogens with two attached hydrogens (primary N) is 1. The molecule has 5 heteroatoms. The molecule has 0 amide bonds. The first-order chi connectivity index (χ1) is 7.81. The molecular weight excluding hydrogens is 268 g/mol. The zero-order chi connectivity index (χ0) is 11.4. The predicted octanol–water partition coefficient (Wildman–Crippen LogP) is 2.00. The third-order valence-corrected chi connectivity index (χ3v) is 3.40. The van der Waals surface area contributed by atoms with E-state index in [0.29, 0.717) is 11.9 Å². The van der Waals surface area contributed by atoms with Gasteiger partial charge in [-0.1, -0.05) is 12.8 Å². The van der Waals surface area contributed by atoms with E-state index in [2.05, 4.69) is 31.3 Å². The molecule has 4 nitrogen and oxygen atoms in total. The molecule has 0 radical (unpaired) electrons. The highest BCUT2D eigenvalue weighted by molar-refractivity contribution is 9.10. The number of halogens is 1. The third-order valence-electron chi connectivity index (χ3n) is 2.76. The van der Waals surface area contributed by atoms with Gasteiger partial charge in [-0.15, -0.1) is 0 Å². The first-order valence-electron chi connectivity index (χ1n) is 5.46. The molecule has 1 aliphatic rings. The van der Waals surface area contributed by atoms with Crippen molar-refractivity contribution >= 4 is 21.8 Å². The summed E-state index contributed by atoms with van der Waals surface area (Å²) in [5.74, 6) is 6.18. The number of pyridine rings is 1. The number of hydrogen-bond acceptors (Lipinski definition) is 3. The maximum Gasteiger partial charge on any atom is 0.162 e. The Morgan fingerprint density at radius 1 is 1.50 bits per heavy atom. The number of nitrogens with zero attached hydrogens (tertiary/aromatic N) is 2. The standard InChI is InChI=1S/C11H15BrN4/c12-9-6-3-7-14-10(9)11(16-13)15-8-4-1-2-5-8/h3,6-8H,1-2,4-5,13H2,(H,15,16). The van der Waals surface area contributed by atoms with Crippen LogP contribution in [0, 0.1) is 0 Å². The van der Waals surface area contributed by atoms with Gasteiger partial charge in [-0.2, -0.15) is 0 Å². The SMILES string of the molecule is NNC(=NC1CCCC1)c1ncccc1Br. The lowest BCUT2D eigenvalue weighted by Crippen LogP contribution is -2.33. The van der Waals surface area contributed by atoms with E-state index in [-0.39, 0.29) is 0 Å². The van der Waals surface area contributed by atoms with Crippen molar-refractivity contribution in [1.29, 1.82) is 0 Å². The Morgan fingerprint density at radius 3 is 2.88 bits per heavy atom. The van der Waals surface area contributed by atoms with Gasteiger partial charge in [0, 0.05) is 10.7 Å². The number of nitrogens with one attached hydrogen (secondary N) is 1. The second kappa shape index (κ2) is 5.41. The topological polar surface area (TPSA) is 63.3 Å². The molecule has 0 atom stereocenters. The number of aliphatic imine (C=N–C) groups is 1. The Bertz CT molecular complexity index is 385. The van der Waals surface area contributed by atoms with Gasteiger partial charge in [0.15, 0.2) is 5.84 Å². The van der Waals surface area contributed by atoms with Crippen LogP contribution in [0.25, 0.3) is 0 Å². The van der Waals surface area contributed by atoms with Crippen molar-refractivity contribution in [1.82, 2.24) is 10.4 Å². The lowest BCUT2D eigenvalue weighted by atomic mass is 10.2. The maximum absolute atomic E-state index is 5.51. The van der Waals surface area contributed by atoms with Gasteiger partial charge in [0.1, 0.15) is 5.69 Å². The van der Waals surface area contributed by atoms with Gasteiger partial charge < -0.3 is 5.43 Å². The molecule has 1 saturated carbocycles. The minimum absolute atomic E-state index is 0.389. The smallest absolute Gasteiger partial charge is 0.162 e. The summed E-state index contributed by atoms with van der Waals surface area (Å²) >= 11 is 3.45. The normalized spacial score (nSPS) is 17.8. The van der Waals surface area contributed by atoms with Crippen molar-refractivity contribution in [3.8, 4) is 0 Å². The monoisotopic (exact) mass is 282 g/mol. The van der Waals surface area contributed by atoms with Gasteiger partial charge in [-0.3, -0.25) is 9.98 Å². The lowest BCUT2D eigenvalue weighted by molar-refractivity contribution is 0.700. The Labute approximate surface area is 103 Å². The lowest BCUT2D eigenvalue weighted by Gasteiger charge is -2.09. The molecule has 0 unspecified atom stereocenters. The molecule has 0 spiro atoms. The summed E-state index contributed by atoms with van der Waals surface area (Å²) in [5.41, 5.74) is 3.42. The van der Waals surface area contributed by atoms with Gasteiger partial charge in [0.05, 0.1) is 6.04 Å². The van der Waals surface area contributed by atoms with Gasteiger partial charge in [-0.25, -0.2) is 5.84 Å². The first-order valence-corrected chi connectivity index (χ1v) is 6.26. The van der Waals surface area contributed by atoms with Crippen molar-refractivity contribution in [3.05, 3.63) is 28.5 Å². The minimum atomic E-state index is 0.389. The fourth-order valence-electron chi connectivity index (χ4n) is 1.94. The average Bonchev–Trinajstić information content (AvgIpc) is 2.80. The summed E-state index contributed by atoms with van der Waals surface area (Å²) in [7, 11) is 0. The van der Waals surface area contributed by atoms with E-state index in [1.807, 2.05) is 12.1 Å². The number of hydrazine groups is 1. The van der Waals surface area contributed by atoms with Gasteiger partial charge in [0.2, 0.25) is 0 Å². The van der Waals surface area contributed by atoms with E-state index in [1.54, 1.807) is 6.20 Å². The van der Waals surface area contributed by atoms with E-state index >= 15 is 0 Å². The number of aromatic nitrogens is 1. The second-order valence-corrected chi connectivity index (χ2v) is 4.75. The molecule has 0 bridgehead atoms. The van der Waals surface area contributed by atoms with Crippen molar-refractivity contribution in [2.24, 2.45) is 10.8 Å². The maximum atomic E-state index is 5.51. The molecule has 1 aromatic rings. The van der Waals surface area contributed by atoms with Gasteiger partial charge in [-0.05, 0) is 40.9 Å². The number of amidine groups is 1. The zero-order valence-corrected chi connectivity index (χ0v) is 10.6. The van der Waals surface area contributed by atoms with Crippen LogP contribution in [0.15, 0.2) is 27.8 Å². The van der Waals surface area contributed by atoms with Crippen molar-refractivity contribution in [3.63, 3.8) is 0 Å². The van der Waals surface area contributed by atoms with Crippen molar-refractivity contribution < 1.29 is 0 Å². The van der Waals surface area contributed by atoms with E-state index in [4.69, 9.17) is 5.84 Å². The Morgan fingerprint density at radius 2 is 2.25 bits per heavy atom. The van der Waals surface area contributed by atoms with E-state index in [1.165, 1.54) is 12.8 Å².